The molecule has 0 aromatic heterocycles. The van der Waals surface area contributed by atoms with E-state index in [4.69, 9.17) is 5.73 Å². The van der Waals surface area contributed by atoms with E-state index in [1.54, 1.807) is 0 Å². The van der Waals surface area contributed by atoms with Crippen molar-refractivity contribution in [3.63, 3.8) is 0 Å². The lowest BCUT2D eigenvalue weighted by molar-refractivity contribution is 0.183. The van der Waals surface area contributed by atoms with Crippen LogP contribution in [0.2, 0.25) is 0 Å². The van der Waals surface area contributed by atoms with Crippen molar-refractivity contribution in [3.8, 4) is 0 Å². The van der Waals surface area contributed by atoms with Crippen LogP contribution in [0, 0.1) is 0 Å². The zero-order valence-electron chi connectivity index (χ0n) is 11.7. The van der Waals surface area contributed by atoms with Crippen molar-refractivity contribution in [1.82, 2.24) is 4.90 Å². The molecule has 2 N–H and O–H groups in total. The van der Waals surface area contributed by atoms with Crippen molar-refractivity contribution in [3.05, 3.63) is 68.1 Å². The molecule has 4 heteroatoms. The maximum atomic E-state index is 6.08. The molecule has 1 unspecified atom stereocenters. The van der Waals surface area contributed by atoms with Crippen LogP contribution in [-0.4, -0.2) is 18.0 Å². The van der Waals surface area contributed by atoms with E-state index in [0.717, 1.165) is 28.5 Å². The van der Waals surface area contributed by atoms with Crippen LogP contribution in [-0.2, 0) is 13.0 Å². The lowest BCUT2D eigenvalue weighted by atomic mass is 9.96. The van der Waals surface area contributed by atoms with Gasteiger partial charge in [-0.3, -0.25) is 4.90 Å². The first-order valence-electron chi connectivity index (χ1n) is 7.15. The SMILES string of the molecule is NCC(c1ccc(Br)c(Br)c1)N1CCc2ccccc2C1. The minimum atomic E-state index is 0.266. The van der Waals surface area contributed by atoms with E-state index in [1.807, 2.05) is 0 Å². The van der Waals surface area contributed by atoms with E-state index in [0.29, 0.717) is 6.54 Å². The third-order valence-electron chi connectivity index (χ3n) is 4.15. The predicted octanol–water partition coefficient (Wildman–Crippen LogP) is 4.27. The first kappa shape index (κ1) is 15.2. The molecule has 2 aromatic rings. The number of fused-ring (bicyclic) bond motifs is 1. The van der Waals surface area contributed by atoms with Crippen LogP contribution in [0.5, 0.6) is 0 Å². The third-order valence-corrected chi connectivity index (χ3v) is 6.03. The fraction of sp³-hybridized carbons (Fsp3) is 0.294. The van der Waals surface area contributed by atoms with Crippen molar-refractivity contribution in [2.75, 3.05) is 13.1 Å². The minimum absolute atomic E-state index is 0.266. The zero-order chi connectivity index (χ0) is 14.8. The predicted molar refractivity (Wildman–Crippen MR) is 94.2 cm³/mol. The summed E-state index contributed by atoms with van der Waals surface area (Å²) < 4.78 is 2.15. The average molecular weight is 410 g/mol. The van der Waals surface area contributed by atoms with Crippen LogP contribution in [0.4, 0.5) is 0 Å². The van der Waals surface area contributed by atoms with Crippen LogP contribution < -0.4 is 5.73 Å². The van der Waals surface area contributed by atoms with E-state index in [9.17, 15) is 0 Å². The fourth-order valence-corrected chi connectivity index (χ4v) is 3.64. The van der Waals surface area contributed by atoms with Gasteiger partial charge >= 0.3 is 0 Å². The second-order valence-electron chi connectivity index (χ2n) is 5.41. The standard InChI is InChI=1S/C17H18Br2N2/c18-15-6-5-13(9-16(15)19)17(10-20)21-8-7-12-3-1-2-4-14(12)11-21/h1-6,9,17H,7-8,10-11,20H2. The van der Waals surface area contributed by atoms with Gasteiger partial charge in [-0.15, -0.1) is 0 Å². The maximum Gasteiger partial charge on any atom is 0.0474 e. The summed E-state index contributed by atoms with van der Waals surface area (Å²) in [6.45, 7) is 2.68. The smallest absolute Gasteiger partial charge is 0.0474 e. The lowest BCUT2D eigenvalue weighted by Crippen LogP contribution is -2.37. The first-order valence-corrected chi connectivity index (χ1v) is 8.73. The number of nitrogens with two attached hydrogens (primary N) is 1. The largest absolute Gasteiger partial charge is 0.329 e. The summed E-state index contributed by atoms with van der Waals surface area (Å²) in [6.07, 6.45) is 1.10. The quantitative estimate of drug-likeness (QED) is 0.819. The van der Waals surface area contributed by atoms with Crippen molar-refractivity contribution < 1.29 is 0 Å². The van der Waals surface area contributed by atoms with Gasteiger partial charge in [0.25, 0.3) is 0 Å². The Hall–Kier alpha value is -0.680. The molecular formula is C17H18Br2N2. The van der Waals surface area contributed by atoms with Crippen molar-refractivity contribution >= 4 is 31.9 Å². The normalized spacial score (nSPS) is 16.5. The summed E-state index contributed by atoms with van der Waals surface area (Å²) in [7, 11) is 0. The number of hydrogen-bond acceptors (Lipinski definition) is 2. The topological polar surface area (TPSA) is 29.3 Å². The molecular weight excluding hydrogens is 392 g/mol. The molecule has 0 bridgehead atoms. The Balaban J connectivity index is 1.86. The van der Waals surface area contributed by atoms with Gasteiger partial charge in [-0.05, 0) is 67.1 Å². The average Bonchev–Trinajstić information content (AvgIpc) is 2.51. The second kappa shape index (κ2) is 6.61. The summed E-state index contributed by atoms with van der Waals surface area (Å²) in [5, 5.41) is 0. The molecule has 21 heavy (non-hydrogen) atoms. The number of hydrogen-bond donors (Lipinski definition) is 1. The fourth-order valence-electron chi connectivity index (χ4n) is 3.00. The molecule has 0 saturated carbocycles. The van der Waals surface area contributed by atoms with Gasteiger partial charge in [-0.1, -0.05) is 30.3 Å². The van der Waals surface area contributed by atoms with Crippen molar-refractivity contribution in [1.29, 1.82) is 0 Å². The molecule has 1 heterocycles. The Morgan fingerprint density at radius 2 is 1.81 bits per heavy atom. The van der Waals surface area contributed by atoms with Crippen LogP contribution in [0.15, 0.2) is 51.4 Å². The van der Waals surface area contributed by atoms with Gasteiger partial charge in [-0.2, -0.15) is 0 Å². The lowest BCUT2D eigenvalue weighted by Gasteiger charge is -2.35. The highest BCUT2D eigenvalue weighted by molar-refractivity contribution is 9.13. The minimum Gasteiger partial charge on any atom is -0.329 e. The molecule has 1 atom stereocenters. The number of rotatable bonds is 3. The van der Waals surface area contributed by atoms with Gasteiger partial charge in [-0.25, -0.2) is 0 Å². The summed E-state index contributed by atoms with van der Waals surface area (Å²) >= 11 is 7.11. The number of nitrogens with zero attached hydrogens (tertiary/aromatic N) is 1. The molecule has 0 aliphatic carbocycles. The van der Waals surface area contributed by atoms with E-state index < -0.39 is 0 Å². The monoisotopic (exact) mass is 408 g/mol. The maximum absolute atomic E-state index is 6.08. The highest BCUT2D eigenvalue weighted by atomic mass is 79.9. The molecule has 0 amide bonds. The molecule has 3 rings (SSSR count). The van der Waals surface area contributed by atoms with Gasteiger partial charge in [0, 0.05) is 34.6 Å². The van der Waals surface area contributed by atoms with E-state index >= 15 is 0 Å². The molecule has 0 spiro atoms. The summed E-state index contributed by atoms with van der Waals surface area (Å²) in [4.78, 5) is 2.48. The van der Waals surface area contributed by atoms with Gasteiger partial charge in [0.1, 0.15) is 0 Å². The molecule has 1 aliphatic heterocycles. The van der Waals surface area contributed by atoms with Gasteiger partial charge in [0.15, 0.2) is 0 Å². The first-order chi connectivity index (χ1) is 10.2. The Bertz CT molecular complexity index is 642. The summed E-state index contributed by atoms with van der Waals surface area (Å²) in [6, 6.07) is 15.4. The molecule has 0 fully saturated rings. The highest BCUT2D eigenvalue weighted by Gasteiger charge is 2.23. The molecule has 0 saturated heterocycles. The highest BCUT2D eigenvalue weighted by Crippen LogP contribution is 2.31. The summed E-state index contributed by atoms with van der Waals surface area (Å²) in [5.74, 6) is 0. The Morgan fingerprint density at radius 1 is 1.05 bits per heavy atom. The third kappa shape index (κ3) is 3.24. The van der Waals surface area contributed by atoms with Crippen LogP contribution >= 0.6 is 31.9 Å². The Labute approximate surface area is 142 Å². The molecule has 1 aliphatic rings. The Morgan fingerprint density at radius 3 is 2.52 bits per heavy atom. The van der Waals surface area contributed by atoms with Crippen LogP contribution in [0.25, 0.3) is 0 Å². The van der Waals surface area contributed by atoms with Crippen molar-refractivity contribution in [2.24, 2.45) is 5.73 Å². The second-order valence-corrected chi connectivity index (χ2v) is 7.12. The number of halogens is 2. The summed E-state index contributed by atoms with van der Waals surface area (Å²) in [5.41, 5.74) is 10.2. The van der Waals surface area contributed by atoms with E-state index in [-0.39, 0.29) is 6.04 Å². The molecule has 2 aromatic carbocycles. The van der Waals surface area contributed by atoms with Crippen LogP contribution in [0.1, 0.15) is 22.7 Å². The Kier molecular flexibility index (Phi) is 4.79. The molecule has 0 radical (unpaired) electrons. The zero-order valence-corrected chi connectivity index (χ0v) is 14.9. The van der Waals surface area contributed by atoms with Crippen LogP contribution in [0.3, 0.4) is 0 Å². The van der Waals surface area contributed by atoms with E-state index in [1.165, 1.54) is 16.7 Å². The van der Waals surface area contributed by atoms with Gasteiger partial charge in [0.2, 0.25) is 0 Å². The van der Waals surface area contributed by atoms with E-state index in [2.05, 4.69) is 79.2 Å². The van der Waals surface area contributed by atoms with Gasteiger partial charge < -0.3 is 5.73 Å². The molecule has 110 valence electrons. The van der Waals surface area contributed by atoms with Gasteiger partial charge in [0.05, 0.1) is 0 Å². The molecule has 2 nitrogen and oxygen atoms in total. The number of benzene rings is 2. The van der Waals surface area contributed by atoms with Crippen molar-refractivity contribution in [2.45, 2.75) is 19.0 Å².